The van der Waals surface area contributed by atoms with E-state index in [9.17, 15) is 4.79 Å². The van der Waals surface area contributed by atoms with Crippen LogP contribution in [0.25, 0.3) is 0 Å². The monoisotopic (exact) mass is 259 g/mol. The van der Waals surface area contributed by atoms with Crippen LogP contribution in [0, 0.1) is 23.2 Å². The lowest BCUT2D eigenvalue weighted by molar-refractivity contribution is -0.118. The van der Waals surface area contributed by atoms with Crippen molar-refractivity contribution in [1.29, 1.82) is 0 Å². The molecule has 0 aromatic carbocycles. The van der Waals surface area contributed by atoms with Crippen molar-refractivity contribution in [3.05, 3.63) is 24.3 Å². The summed E-state index contributed by atoms with van der Waals surface area (Å²) in [4.78, 5) is 11.8. The highest BCUT2D eigenvalue weighted by atomic mass is 16.1. The van der Waals surface area contributed by atoms with Gasteiger partial charge >= 0.3 is 0 Å². The van der Waals surface area contributed by atoms with Crippen LogP contribution in [-0.4, -0.2) is 12.5 Å². The molecule has 1 N–H and O–H groups in total. The lowest BCUT2D eigenvalue weighted by Crippen LogP contribution is -2.51. The first-order chi connectivity index (χ1) is 9.19. The molecule has 0 atom stereocenters. The Hall–Kier alpha value is -1.05. The number of carbonyl (C=O) groups excluding carboxylic acids is 1. The van der Waals surface area contributed by atoms with E-state index in [-0.39, 0.29) is 5.91 Å². The second-order valence-corrected chi connectivity index (χ2v) is 7.02. The number of hydrogen-bond acceptors (Lipinski definition) is 1. The van der Waals surface area contributed by atoms with E-state index in [1.807, 2.05) is 25.2 Å². The van der Waals surface area contributed by atoms with Crippen molar-refractivity contribution in [3.63, 3.8) is 0 Å². The van der Waals surface area contributed by atoms with E-state index in [4.69, 9.17) is 0 Å². The molecule has 2 nitrogen and oxygen atoms in total. The third-order valence-electron chi connectivity index (χ3n) is 5.35. The average Bonchev–Trinajstić information content (AvgIpc) is 2.35. The van der Waals surface area contributed by atoms with Gasteiger partial charge < -0.3 is 5.32 Å². The van der Waals surface area contributed by atoms with E-state index in [2.05, 4.69) is 5.32 Å². The SMILES string of the molecule is C/C=C/C=C/C(=O)NCC12CC3CC(CC(C3)C1)C2. The van der Waals surface area contributed by atoms with Gasteiger partial charge in [0.25, 0.3) is 0 Å². The van der Waals surface area contributed by atoms with Gasteiger partial charge in [0.1, 0.15) is 0 Å². The van der Waals surface area contributed by atoms with Crippen molar-refractivity contribution >= 4 is 5.91 Å². The van der Waals surface area contributed by atoms with Crippen molar-refractivity contribution in [1.82, 2.24) is 5.32 Å². The molecule has 0 aromatic heterocycles. The third kappa shape index (κ3) is 2.77. The molecule has 104 valence electrons. The summed E-state index contributed by atoms with van der Waals surface area (Å²) >= 11 is 0. The van der Waals surface area contributed by atoms with Gasteiger partial charge in [-0.05, 0) is 68.6 Å². The summed E-state index contributed by atoms with van der Waals surface area (Å²) < 4.78 is 0. The van der Waals surface area contributed by atoms with Crippen molar-refractivity contribution in [3.8, 4) is 0 Å². The summed E-state index contributed by atoms with van der Waals surface area (Å²) in [6.07, 6.45) is 15.8. The Kier molecular flexibility index (Phi) is 3.51. The van der Waals surface area contributed by atoms with E-state index in [1.54, 1.807) is 6.08 Å². The van der Waals surface area contributed by atoms with Crippen LogP contribution in [0.2, 0.25) is 0 Å². The molecule has 4 rings (SSSR count). The fourth-order valence-electron chi connectivity index (χ4n) is 5.09. The van der Waals surface area contributed by atoms with Gasteiger partial charge in [0, 0.05) is 12.6 Å². The largest absolute Gasteiger partial charge is 0.352 e. The Balaban J connectivity index is 1.56. The molecule has 2 heteroatoms. The highest BCUT2D eigenvalue weighted by Gasteiger charge is 2.50. The molecule has 0 aromatic rings. The van der Waals surface area contributed by atoms with Gasteiger partial charge in [-0.25, -0.2) is 0 Å². The highest BCUT2D eigenvalue weighted by molar-refractivity contribution is 5.87. The smallest absolute Gasteiger partial charge is 0.243 e. The predicted molar refractivity (Wildman–Crippen MR) is 77.6 cm³/mol. The fraction of sp³-hybridized carbons (Fsp3) is 0.706. The van der Waals surface area contributed by atoms with E-state index >= 15 is 0 Å². The van der Waals surface area contributed by atoms with Gasteiger partial charge in [0.15, 0.2) is 0 Å². The Bertz CT molecular complexity index is 372. The number of allylic oxidation sites excluding steroid dienone is 3. The zero-order chi connectivity index (χ0) is 13.3. The minimum Gasteiger partial charge on any atom is -0.352 e. The Morgan fingerprint density at radius 1 is 1.11 bits per heavy atom. The molecule has 4 fully saturated rings. The average molecular weight is 259 g/mol. The van der Waals surface area contributed by atoms with Crippen molar-refractivity contribution in [2.24, 2.45) is 23.2 Å². The van der Waals surface area contributed by atoms with Crippen molar-refractivity contribution in [2.75, 3.05) is 6.54 Å². The summed E-state index contributed by atoms with van der Waals surface area (Å²) in [5, 5.41) is 3.14. The highest BCUT2D eigenvalue weighted by Crippen LogP contribution is 2.59. The Labute approximate surface area is 116 Å². The first-order valence-corrected chi connectivity index (χ1v) is 7.76. The van der Waals surface area contributed by atoms with Crippen LogP contribution in [0.15, 0.2) is 24.3 Å². The lowest BCUT2D eigenvalue weighted by atomic mass is 9.49. The minimum absolute atomic E-state index is 0.0637. The Morgan fingerprint density at radius 2 is 1.68 bits per heavy atom. The van der Waals surface area contributed by atoms with Crippen LogP contribution in [0.5, 0.6) is 0 Å². The zero-order valence-electron chi connectivity index (χ0n) is 11.9. The van der Waals surface area contributed by atoms with E-state index in [0.717, 1.165) is 24.3 Å². The third-order valence-corrected chi connectivity index (χ3v) is 5.35. The zero-order valence-corrected chi connectivity index (χ0v) is 11.9. The number of carbonyl (C=O) groups is 1. The van der Waals surface area contributed by atoms with Crippen LogP contribution in [0.4, 0.5) is 0 Å². The predicted octanol–water partition coefficient (Wildman–Crippen LogP) is 3.45. The molecule has 1 amide bonds. The molecule has 0 saturated heterocycles. The van der Waals surface area contributed by atoms with Gasteiger partial charge in [-0.1, -0.05) is 18.2 Å². The second-order valence-electron chi connectivity index (χ2n) is 7.02. The summed E-state index contributed by atoms with van der Waals surface area (Å²) in [6.45, 7) is 2.85. The normalized spacial score (nSPS) is 40.4. The molecule has 4 aliphatic carbocycles. The summed E-state index contributed by atoms with van der Waals surface area (Å²) in [5.41, 5.74) is 0.443. The minimum atomic E-state index is 0.0637. The summed E-state index contributed by atoms with van der Waals surface area (Å²) in [6, 6.07) is 0. The topological polar surface area (TPSA) is 29.1 Å². The number of hydrogen-bond donors (Lipinski definition) is 1. The van der Waals surface area contributed by atoms with Gasteiger partial charge in [-0.15, -0.1) is 0 Å². The molecule has 0 heterocycles. The van der Waals surface area contributed by atoms with Crippen molar-refractivity contribution < 1.29 is 4.79 Å². The Morgan fingerprint density at radius 3 is 2.21 bits per heavy atom. The molecule has 4 saturated carbocycles. The molecule has 0 radical (unpaired) electrons. The molecule has 0 spiro atoms. The summed E-state index contributed by atoms with van der Waals surface area (Å²) in [5.74, 6) is 2.94. The van der Waals surface area contributed by atoms with Crippen molar-refractivity contribution in [2.45, 2.75) is 45.4 Å². The van der Waals surface area contributed by atoms with Crippen LogP contribution < -0.4 is 5.32 Å². The van der Waals surface area contributed by atoms with E-state index in [1.165, 1.54) is 38.5 Å². The van der Waals surface area contributed by atoms with Crippen LogP contribution in [-0.2, 0) is 4.79 Å². The summed E-state index contributed by atoms with van der Waals surface area (Å²) in [7, 11) is 0. The number of amides is 1. The van der Waals surface area contributed by atoms with Gasteiger partial charge in [-0.2, -0.15) is 0 Å². The van der Waals surface area contributed by atoms with Gasteiger partial charge in [-0.3, -0.25) is 4.79 Å². The number of nitrogens with one attached hydrogen (secondary N) is 1. The maximum absolute atomic E-state index is 11.8. The van der Waals surface area contributed by atoms with Crippen LogP contribution >= 0.6 is 0 Å². The first kappa shape index (κ1) is 13.0. The maximum atomic E-state index is 11.8. The first-order valence-electron chi connectivity index (χ1n) is 7.76. The molecule has 4 aliphatic rings. The number of rotatable bonds is 4. The van der Waals surface area contributed by atoms with E-state index in [0.29, 0.717) is 5.41 Å². The van der Waals surface area contributed by atoms with E-state index < -0.39 is 0 Å². The molecule has 0 aliphatic heterocycles. The van der Waals surface area contributed by atoms with Gasteiger partial charge in [0.05, 0.1) is 0 Å². The lowest BCUT2D eigenvalue weighted by Gasteiger charge is -2.56. The quantitative estimate of drug-likeness (QED) is 0.608. The van der Waals surface area contributed by atoms with Crippen LogP contribution in [0.3, 0.4) is 0 Å². The van der Waals surface area contributed by atoms with Gasteiger partial charge in [0.2, 0.25) is 5.91 Å². The molecule has 0 unspecified atom stereocenters. The standard InChI is InChI=1S/C17H25NO/c1-2-3-4-5-16(19)18-12-17-9-13-6-14(10-17)8-15(7-13)11-17/h2-5,13-15H,6-12H2,1H3,(H,18,19)/b3-2+,5-4+. The molecular weight excluding hydrogens is 234 g/mol. The molecule has 4 bridgehead atoms. The maximum Gasteiger partial charge on any atom is 0.243 e. The molecular formula is C17H25NO. The molecule has 19 heavy (non-hydrogen) atoms. The fourth-order valence-corrected chi connectivity index (χ4v) is 5.09. The van der Waals surface area contributed by atoms with Crippen LogP contribution in [0.1, 0.15) is 45.4 Å². The second kappa shape index (κ2) is 5.15.